The number of aliphatic hydroxyl groups is 1. The van der Waals surface area contributed by atoms with Crippen molar-refractivity contribution in [3.05, 3.63) is 56.2 Å². The summed E-state index contributed by atoms with van der Waals surface area (Å²) in [7, 11) is 0. The van der Waals surface area contributed by atoms with E-state index in [4.69, 9.17) is 10.2 Å². The number of aliphatic hydroxyl groups excluding tert-OH is 1. The molecule has 144 valence electrons. The van der Waals surface area contributed by atoms with Gasteiger partial charge in [-0.15, -0.1) is 0 Å². The van der Waals surface area contributed by atoms with Crippen LogP contribution in [0.5, 0.6) is 0 Å². The molecule has 6 nitrogen and oxygen atoms in total. The van der Waals surface area contributed by atoms with Crippen molar-refractivity contribution in [1.82, 2.24) is 5.32 Å². The van der Waals surface area contributed by atoms with Gasteiger partial charge in [-0.2, -0.15) is 0 Å². The average Bonchev–Trinajstić information content (AvgIpc) is 2.60. The van der Waals surface area contributed by atoms with Crippen molar-refractivity contribution in [2.75, 3.05) is 11.9 Å². The number of carboxylic acids is 1. The molecule has 0 spiro atoms. The standard InChI is InChI=1S/C18H17F2IN2O4/c1-8-5-10(21)3-4-13(8)23-16-12(17(25)22-9(2)7-24)6-11(18(26)27)14(19)15(16)20/h3-6,9,23-24H,7H2,1-2H3,(H,22,25)(H,26,27). The third kappa shape index (κ3) is 4.72. The van der Waals surface area contributed by atoms with E-state index in [1.54, 1.807) is 25.1 Å². The largest absolute Gasteiger partial charge is 0.478 e. The molecule has 1 atom stereocenters. The van der Waals surface area contributed by atoms with Crippen molar-refractivity contribution < 1.29 is 28.6 Å². The van der Waals surface area contributed by atoms with Gasteiger partial charge in [0, 0.05) is 15.3 Å². The number of carbonyl (C=O) groups excluding carboxylic acids is 1. The zero-order chi connectivity index (χ0) is 20.3. The first-order valence-corrected chi connectivity index (χ1v) is 8.93. The van der Waals surface area contributed by atoms with E-state index in [0.717, 1.165) is 15.2 Å². The topological polar surface area (TPSA) is 98.7 Å². The molecule has 0 aliphatic carbocycles. The van der Waals surface area contributed by atoms with Gasteiger partial charge in [0.2, 0.25) is 0 Å². The van der Waals surface area contributed by atoms with Crippen molar-refractivity contribution in [2.45, 2.75) is 19.9 Å². The molecule has 2 rings (SSSR count). The number of aromatic carboxylic acids is 1. The lowest BCUT2D eigenvalue weighted by molar-refractivity contribution is 0.0690. The second-order valence-corrected chi connectivity index (χ2v) is 7.17. The minimum atomic E-state index is -1.70. The number of hydrogen-bond donors (Lipinski definition) is 4. The zero-order valence-electron chi connectivity index (χ0n) is 14.4. The Morgan fingerprint density at radius 3 is 2.41 bits per heavy atom. The Hall–Kier alpha value is -2.27. The summed E-state index contributed by atoms with van der Waals surface area (Å²) in [6.45, 7) is 2.88. The molecule has 2 aromatic carbocycles. The molecular weight excluding hydrogens is 473 g/mol. The highest BCUT2D eigenvalue weighted by Crippen LogP contribution is 2.31. The normalized spacial score (nSPS) is 11.8. The van der Waals surface area contributed by atoms with Gasteiger partial charge in [0.25, 0.3) is 5.91 Å². The van der Waals surface area contributed by atoms with E-state index in [0.29, 0.717) is 5.69 Å². The van der Waals surface area contributed by atoms with Crippen LogP contribution in [0.3, 0.4) is 0 Å². The van der Waals surface area contributed by atoms with Crippen molar-refractivity contribution in [1.29, 1.82) is 0 Å². The van der Waals surface area contributed by atoms with Crippen molar-refractivity contribution in [3.63, 3.8) is 0 Å². The smallest absolute Gasteiger partial charge is 0.338 e. The molecule has 0 bridgehead atoms. The summed E-state index contributed by atoms with van der Waals surface area (Å²) in [4.78, 5) is 23.6. The van der Waals surface area contributed by atoms with Crippen LogP contribution in [0, 0.1) is 22.1 Å². The minimum Gasteiger partial charge on any atom is -0.478 e. The monoisotopic (exact) mass is 490 g/mol. The number of carbonyl (C=O) groups is 2. The van der Waals surface area contributed by atoms with Crippen LogP contribution in [0.25, 0.3) is 0 Å². The summed E-state index contributed by atoms with van der Waals surface area (Å²) in [5.74, 6) is -5.59. The fourth-order valence-electron chi connectivity index (χ4n) is 2.33. The first-order valence-electron chi connectivity index (χ1n) is 7.85. The van der Waals surface area contributed by atoms with Crippen molar-refractivity contribution >= 4 is 45.8 Å². The number of rotatable bonds is 6. The molecule has 1 amide bonds. The Kier molecular flexibility index (Phi) is 6.71. The van der Waals surface area contributed by atoms with E-state index in [-0.39, 0.29) is 12.2 Å². The molecule has 0 radical (unpaired) electrons. The van der Waals surface area contributed by atoms with Gasteiger partial charge in [-0.05, 0) is 66.3 Å². The third-order valence-electron chi connectivity index (χ3n) is 3.78. The zero-order valence-corrected chi connectivity index (χ0v) is 16.6. The molecule has 2 aromatic rings. The van der Waals surface area contributed by atoms with E-state index in [1.165, 1.54) is 6.92 Å². The molecule has 0 saturated carbocycles. The predicted molar refractivity (Wildman–Crippen MR) is 105 cm³/mol. The lowest BCUT2D eigenvalue weighted by atomic mass is 10.0. The summed E-state index contributed by atoms with van der Waals surface area (Å²) < 4.78 is 29.7. The van der Waals surface area contributed by atoms with Crippen LogP contribution >= 0.6 is 22.6 Å². The van der Waals surface area contributed by atoms with Gasteiger partial charge < -0.3 is 20.8 Å². The average molecular weight is 490 g/mol. The first kappa shape index (κ1) is 21.0. The van der Waals surface area contributed by atoms with Gasteiger partial charge in [-0.3, -0.25) is 4.79 Å². The number of aryl methyl sites for hydroxylation is 1. The van der Waals surface area contributed by atoms with E-state index < -0.39 is 40.8 Å². The highest BCUT2D eigenvalue weighted by molar-refractivity contribution is 14.1. The summed E-state index contributed by atoms with van der Waals surface area (Å²) in [5, 5.41) is 23.2. The van der Waals surface area contributed by atoms with E-state index in [9.17, 15) is 18.4 Å². The molecule has 27 heavy (non-hydrogen) atoms. The van der Waals surface area contributed by atoms with Crippen LogP contribution in [-0.4, -0.2) is 34.7 Å². The summed E-state index contributed by atoms with van der Waals surface area (Å²) in [5.41, 5.74) is -0.673. The van der Waals surface area contributed by atoms with Gasteiger partial charge in [-0.25, -0.2) is 13.6 Å². The molecule has 0 aliphatic rings. The molecular formula is C18H17F2IN2O4. The molecule has 0 aromatic heterocycles. The second kappa shape index (κ2) is 8.61. The number of amides is 1. The fraction of sp³-hybridized carbons (Fsp3) is 0.222. The number of carboxylic acid groups (broad SMARTS) is 1. The maximum atomic E-state index is 14.6. The highest BCUT2D eigenvalue weighted by Gasteiger charge is 2.26. The quantitative estimate of drug-likeness (QED) is 0.466. The van der Waals surface area contributed by atoms with Crippen LogP contribution < -0.4 is 10.6 Å². The SMILES string of the molecule is Cc1cc(I)ccc1Nc1c(C(=O)NC(C)CO)cc(C(=O)O)c(F)c1F. The Balaban J connectivity index is 2.61. The number of nitrogens with one attached hydrogen (secondary N) is 2. The highest BCUT2D eigenvalue weighted by atomic mass is 127. The van der Waals surface area contributed by atoms with Gasteiger partial charge in [0.1, 0.15) is 0 Å². The fourth-order valence-corrected chi connectivity index (χ4v) is 2.98. The number of anilines is 2. The Morgan fingerprint density at radius 1 is 1.19 bits per heavy atom. The van der Waals surface area contributed by atoms with Gasteiger partial charge in [0.05, 0.1) is 23.4 Å². The number of hydrogen-bond acceptors (Lipinski definition) is 4. The van der Waals surface area contributed by atoms with E-state index in [2.05, 4.69) is 33.2 Å². The van der Waals surface area contributed by atoms with Crippen LogP contribution in [0.2, 0.25) is 0 Å². The molecule has 4 N–H and O–H groups in total. The molecule has 0 fully saturated rings. The Morgan fingerprint density at radius 2 is 1.85 bits per heavy atom. The van der Waals surface area contributed by atoms with Gasteiger partial charge in [-0.1, -0.05) is 0 Å². The van der Waals surface area contributed by atoms with Crippen LogP contribution in [-0.2, 0) is 0 Å². The van der Waals surface area contributed by atoms with Crippen molar-refractivity contribution in [2.24, 2.45) is 0 Å². The lowest BCUT2D eigenvalue weighted by Crippen LogP contribution is -2.35. The maximum absolute atomic E-state index is 14.6. The van der Waals surface area contributed by atoms with Gasteiger partial charge >= 0.3 is 5.97 Å². The van der Waals surface area contributed by atoms with Crippen LogP contribution in [0.4, 0.5) is 20.2 Å². The Labute approximate surface area is 167 Å². The van der Waals surface area contributed by atoms with Crippen molar-refractivity contribution in [3.8, 4) is 0 Å². The summed E-state index contributed by atoms with van der Waals surface area (Å²) >= 11 is 2.10. The molecule has 1 unspecified atom stereocenters. The second-order valence-electron chi connectivity index (χ2n) is 5.92. The summed E-state index contributed by atoms with van der Waals surface area (Å²) in [6.07, 6.45) is 0. The first-order chi connectivity index (χ1) is 12.6. The molecule has 9 heteroatoms. The number of halogens is 3. The van der Waals surface area contributed by atoms with E-state index in [1.807, 2.05) is 0 Å². The predicted octanol–water partition coefficient (Wildman–Crippen LogP) is 3.43. The Bertz CT molecular complexity index is 905. The van der Waals surface area contributed by atoms with Crippen LogP contribution in [0.15, 0.2) is 24.3 Å². The lowest BCUT2D eigenvalue weighted by Gasteiger charge is -2.18. The maximum Gasteiger partial charge on any atom is 0.338 e. The van der Waals surface area contributed by atoms with E-state index >= 15 is 0 Å². The molecule has 0 aliphatic heterocycles. The number of benzene rings is 2. The molecule has 0 saturated heterocycles. The molecule has 0 heterocycles. The van der Waals surface area contributed by atoms with Crippen LogP contribution in [0.1, 0.15) is 33.2 Å². The summed E-state index contributed by atoms with van der Waals surface area (Å²) in [6, 6.07) is 5.29. The minimum absolute atomic E-state index is 0.375. The van der Waals surface area contributed by atoms with Gasteiger partial charge in [0.15, 0.2) is 11.6 Å². The third-order valence-corrected chi connectivity index (χ3v) is 4.45.